The van der Waals surface area contributed by atoms with E-state index >= 15 is 0 Å². The van der Waals surface area contributed by atoms with E-state index in [0.29, 0.717) is 6.61 Å². The van der Waals surface area contributed by atoms with E-state index in [1.807, 2.05) is 36.7 Å². The molecule has 1 aliphatic heterocycles. The second kappa shape index (κ2) is 6.76. The molecule has 4 rings (SSSR count). The molecule has 1 fully saturated rings. The fourth-order valence-electron chi connectivity index (χ4n) is 2.94. The highest BCUT2D eigenvalue weighted by molar-refractivity contribution is 6.30. The van der Waals surface area contributed by atoms with Crippen LogP contribution in [-0.4, -0.2) is 44.6 Å². The standard InChI is InChI=1S/C17H18ClN5O/c18-13-3-1-12(2-4-13)14-9-21-17(22-14)15-11-24-8-7-23(15)10-16-19-5-6-20-16/h1-6,9,15H,7-8,10-11H2,(H,19,20)(H,21,22). The van der Waals surface area contributed by atoms with Gasteiger partial charge in [-0.25, -0.2) is 9.97 Å². The Morgan fingerprint density at radius 3 is 2.92 bits per heavy atom. The van der Waals surface area contributed by atoms with E-state index in [9.17, 15) is 0 Å². The van der Waals surface area contributed by atoms with E-state index in [-0.39, 0.29) is 6.04 Å². The Balaban J connectivity index is 1.56. The van der Waals surface area contributed by atoms with Crippen LogP contribution in [0, 0.1) is 0 Å². The number of aromatic nitrogens is 4. The molecule has 1 aliphatic rings. The van der Waals surface area contributed by atoms with E-state index in [1.165, 1.54) is 0 Å². The van der Waals surface area contributed by atoms with Gasteiger partial charge in [0.1, 0.15) is 11.6 Å². The maximum absolute atomic E-state index is 5.95. The number of nitrogens with zero attached hydrogens (tertiary/aromatic N) is 3. The number of benzene rings is 1. The number of imidazole rings is 2. The van der Waals surface area contributed by atoms with Gasteiger partial charge >= 0.3 is 0 Å². The molecule has 24 heavy (non-hydrogen) atoms. The van der Waals surface area contributed by atoms with Crippen molar-refractivity contribution >= 4 is 11.6 Å². The van der Waals surface area contributed by atoms with Gasteiger partial charge in [0.25, 0.3) is 0 Å². The number of H-pyrrole nitrogens is 2. The Morgan fingerprint density at radius 2 is 2.12 bits per heavy atom. The Bertz CT molecular complexity index is 784. The van der Waals surface area contributed by atoms with Crippen molar-refractivity contribution in [2.45, 2.75) is 12.6 Å². The average Bonchev–Trinajstić information content (AvgIpc) is 3.28. The number of ether oxygens (including phenoxy) is 1. The Hall–Kier alpha value is -2.15. The molecule has 0 amide bonds. The summed E-state index contributed by atoms with van der Waals surface area (Å²) in [4.78, 5) is 17.8. The summed E-state index contributed by atoms with van der Waals surface area (Å²) in [6, 6.07) is 7.81. The lowest BCUT2D eigenvalue weighted by molar-refractivity contribution is -0.0166. The first kappa shape index (κ1) is 15.4. The van der Waals surface area contributed by atoms with Gasteiger partial charge in [0.05, 0.1) is 37.7 Å². The highest BCUT2D eigenvalue weighted by atomic mass is 35.5. The van der Waals surface area contributed by atoms with Crippen molar-refractivity contribution in [3.8, 4) is 11.3 Å². The van der Waals surface area contributed by atoms with E-state index in [2.05, 4.69) is 24.8 Å². The summed E-state index contributed by atoms with van der Waals surface area (Å²) in [6.07, 6.45) is 5.48. The molecule has 1 unspecified atom stereocenters. The third kappa shape index (κ3) is 3.21. The summed E-state index contributed by atoms with van der Waals surface area (Å²) in [5.74, 6) is 1.86. The highest BCUT2D eigenvalue weighted by Gasteiger charge is 2.27. The third-order valence-electron chi connectivity index (χ3n) is 4.21. The van der Waals surface area contributed by atoms with Gasteiger partial charge < -0.3 is 14.7 Å². The molecule has 0 bridgehead atoms. The zero-order valence-corrected chi connectivity index (χ0v) is 13.8. The lowest BCUT2D eigenvalue weighted by atomic mass is 10.2. The van der Waals surface area contributed by atoms with E-state index in [4.69, 9.17) is 16.3 Å². The molecular weight excluding hydrogens is 326 g/mol. The van der Waals surface area contributed by atoms with Crippen molar-refractivity contribution in [2.24, 2.45) is 0 Å². The largest absolute Gasteiger partial charge is 0.378 e. The molecule has 1 saturated heterocycles. The first-order chi connectivity index (χ1) is 11.8. The van der Waals surface area contributed by atoms with Crippen molar-refractivity contribution in [1.29, 1.82) is 0 Å². The smallest absolute Gasteiger partial charge is 0.126 e. The predicted molar refractivity (Wildman–Crippen MR) is 91.6 cm³/mol. The molecule has 124 valence electrons. The van der Waals surface area contributed by atoms with Crippen LogP contribution >= 0.6 is 11.6 Å². The molecule has 3 heterocycles. The number of nitrogens with one attached hydrogen (secondary N) is 2. The molecule has 2 N–H and O–H groups in total. The summed E-state index contributed by atoms with van der Waals surface area (Å²) in [5.41, 5.74) is 2.04. The minimum absolute atomic E-state index is 0.0879. The van der Waals surface area contributed by atoms with Crippen molar-refractivity contribution in [3.63, 3.8) is 0 Å². The summed E-state index contributed by atoms with van der Waals surface area (Å²) < 4.78 is 5.67. The van der Waals surface area contributed by atoms with Gasteiger partial charge in [0.2, 0.25) is 0 Å². The number of hydrogen-bond donors (Lipinski definition) is 2. The number of morpholine rings is 1. The molecule has 2 aromatic heterocycles. The third-order valence-corrected chi connectivity index (χ3v) is 4.47. The Kier molecular flexibility index (Phi) is 4.34. The van der Waals surface area contributed by atoms with Gasteiger partial charge in [-0.3, -0.25) is 4.90 Å². The second-order valence-corrected chi connectivity index (χ2v) is 6.22. The summed E-state index contributed by atoms with van der Waals surface area (Å²) in [5, 5.41) is 0.726. The zero-order chi connectivity index (χ0) is 16.4. The molecule has 0 saturated carbocycles. The van der Waals surface area contributed by atoms with Crippen LogP contribution in [-0.2, 0) is 11.3 Å². The molecule has 0 aliphatic carbocycles. The number of rotatable bonds is 4. The topological polar surface area (TPSA) is 69.8 Å². The molecule has 6 nitrogen and oxygen atoms in total. The van der Waals surface area contributed by atoms with Crippen molar-refractivity contribution < 1.29 is 4.74 Å². The lowest BCUT2D eigenvalue weighted by Gasteiger charge is -2.33. The average molecular weight is 344 g/mol. The van der Waals surface area contributed by atoms with Crippen LogP contribution in [0.3, 0.4) is 0 Å². The van der Waals surface area contributed by atoms with Gasteiger partial charge in [0.15, 0.2) is 0 Å². The second-order valence-electron chi connectivity index (χ2n) is 5.79. The molecular formula is C17H18ClN5O. The van der Waals surface area contributed by atoms with Crippen molar-refractivity contribution in [3.05, 3.63) is 59.5 Å². The molecule has 3 aromatic rings. The molecule has 1 aromatic carbocycles. The maximum Gasteiger partial charge on any atom is 0.126 e. The van der Waals surface area contributed by atoms with Gasteiger partial charge in [-0.2, -0.15) is 0 Å². The van der Waals surface area contributed by atoms with Crippen LogP contribution < -0.4 is 0 Å². The molecule has 7 heteroatoms. The minimum atomic E-state index is 0.0879. The highest BCUT2D eigenvalue weighted by Crippen LogP contribution is 2.26. The van der Waals surface area contributed by atoms with Crippen LogP contribution in [0.4, 0.5) is 0 Å². The number of halogens is 1. The van der Waals surface area contributed by atoms with E-state index < -0.39 is 0 Å². The molecule has 0 spiro atoms. The lowest BCUT2D eigenvalue weighted by Crippen LogP contribution is -2.39. The summed E-state index contributed by atoms with van der Waals surface area (Å²) in [6.45, 7) is 2.94. The fraction of sp³-hybridized carbons (Fsp3) is 0.294. The van der Waals surface area contributed by atoms with Crippen LogP contribution in [0.25, 0.3) is 11.3 Å². The fourth-order valence-corrected chi connectivity index (χ4v) is 3.06. The zero-order valence-electron chi connectivity index (χ0n) is 13.1. The summed E-state index contributed by atoms with van der Waals surface area (Å²) >= 11 is 5.95. The Morgan fingerprint density at radius 1 is 1.25 bits per heavy atom. The normalized spacial score (nSPS) is 18.8. The van der Waals surface area contributed by atoms with Crippen LogP contribution in [0.5, 0.6) is 0 Å². The SMILES string of the molecule is Clc1ccc(-c2cnc(C3COCCN3Cc3ncc[nH]3)[nH]2)cc1. The van der Waals surface area contributed by atoms with Crippen molar-refractivity contribution in [1.82, 2.24) is 24.8 Å². The first-order valence-electron chi connectivity index (χ1n) is 7.90. The number of hydrogen-bond acceptors (Lipinski definition) is 4. The van der Waals surface area contributed by atoms with Gasteiger partial charge in [-0.05, 0) is 17.7 Å². The summed E-state index contributed by atoms with van der Waals surface area (Å²) in [7, 11) is 0. The van der Waals surface area contributed by atoms with E-state index in [1.54, 1.807) is 6.20 Å². The van der Waals surface area contributed by atoms with E-state index in [0.717, 1.165) is 47.6 Å². The van der Waals surface area contributed by atoms with Crippen LogP contribution in [0.1, 0.15) is 17.7 Å². The predicted octanol–water partition coefficient (Wildman–Crippen LogP) is 3.03. The maximum atomic E-state index is 5.95. The first-order valence-corrected chi connectivity index (χ1v) is 8.28. The number of aromatic amines is 2. The monoisotopic (exact) mass is 343 g/mol. The van der Waals surface area contributed by atoms with Crippen LogP contribution in [0.2, 0.25) is 5.02 Å². The molecule has 1 atom stereocenters. The minimum Gasteiger partial charge on any atom is -0.378 e. The molecule has 0 radical (unpaired) electrons. The van der Waals surface area contributed by atoms with Crippen molar-refractivity contribution in [2.75, 3.05) is 19.8 Å². The quantitative estimate of drug-likeness (QED) is 0.764. The van der Waals surface area contributed by atoms with Crippen LogP contribution in [0.15, 0.2) is 42.9 Å². The van der Waals surface area contributed by atoms with Gasteiger partial charge in [-0.15, -0.1) is 0 Å². The Labute approximate surface area is 144 Å². The van der Waals surface area contributed by atoms with Gasteiger partial charge in [0, 0.05) is 24.0 Å². The van der Waals surface area contributed by atoms with Gasteiger partial charge in [-0.1, -0.05) is 23.7 Å².